The second kappa shape index (κ2) is 10.9. The van der Waals surface area contributed by atoms with Crippen molar-refractivity contribution in [3.63, 3.8) is 0 Å². The number of allylic oxidation sites excluding steroid dienone is 2. The van der Waals surface area contributed by atoms with Gasteiger partial charge >= 0.3 is 29.6 Å². The summed E-state index contributed by atoms with van der Waals surface area (Å²) < 4.78 is 5.58. The zero-order chi connectivity index (χ0) is 15.8. The fourth-order valence-electron chi connectivity index (χ4n) is 2.82. The van der Waals surface area contributed by atoms with E-state index in [1.807, 2.05) is 24.3 Å². The molecule has 0 aromatic heterocycles. The minimum absolute atomic E-state index is 0. The minimum Gasteiger partial charge on any atom is -0.546 e. The Morgan fingerprint density at radius 3 is 2.52 bits per heavy atom. The Balaban J connectivity index is 0.00000264. The Labute approximate surface area is 161 Å². The van der Waals surface area contributed by atoms with Crippen LogP contribution in [-0.4, -0.2) is 12.1 Å². The molecule has 0 saturated carbocycles. The number of hydrogen-bond acceptors (Lipinski definition) is 3. The van der Waals surface area contributed by atoms with E-state index in [2.05, 4.69) is 13.0 Å². The smallest absolute Gasteiger partial charge is 0.546 e. The Hall–Kier alpha value is -0.770. The van der Waals surface area contributed by atoms with Crippen LogP contribution in [0.1, 0.15) is 63.9 Å². The predicted octanol–water partition coefficient (Wildman–Crippen LogP) is 0.726. The van der Waals surface area contributed by atoms with Gasteiger partial charge < -0.3 is 14.6 Å². The van der Waals surface area contributed by atoms with Gasteiger partial charge in [-0.25, -0.2) is 0 Å². The van der Waals surface area contributed by atoms with Gasteiger partial charge in [-0.15, -0.1) is 0 Å². The van der Waals surface area contributed by atoms with Crippen LogP contribution in [0, 0.1) is 0 Å². The molecule has 0 aliphatic heterocycles. The molecular weight excluding hydrogens is 299 g/mol. The number of carbonyl (C=O) groups is 1. The van der Waals surface area contributed by atoms with Gasteiger partial charge in [-0.05, 0) is 61.8 Å². The predicted molar refractivity (Wildman–Crippen MR) is 86.5 cm³/mol. The van der Waals surface area contributed by atoms with E-state index in [1.165, 1.54) is 24.0 Å². The van der Waals surface area contributed by atoms with Crippen LogP contribution in [-0.2, 0) is 4.79 Å². The number of ether oxygens (including phenoxy) is 1. The largest absolute Gasteiger partial charge is 1.00 e. The Bertz CT molecular complexity index is 508. The monoisotopic (exact) mass is 324 g/mol. The Morgan fingerprint density at radius 2 is 1.96 bits per heavy atom. The second-order valence-electron chi connectivity index (χ2n) is 5.92. The maximum Gasteiger partial charge on any atom is 1.00 e. The number of rotatable bonds is 8. The molecule has 0 radical (unpaired) electrons. The van der Waals surface area contributed by atoms with Crippen molar-refractivity contribution in [1.82, 2.24) is 0 Å². The van der Waals surface area contributed by atoms with Crippen molar-refractivity contribution < 1.29 is 44.2 Å². The summed E-state index contributed by atoms with van der Waals surface area (Å²) in [5.41, 5.74) is 2.60. The first-order chi connectivity index (χ1) is 10.7. The van der Waals surface area contributed by atoms with Crippen molar-refractivity contribution in [2.45, 2.75) is 64.4 Å². The van der Waals surface area contributed by atoms with Crippen molar-refractivity contribution in [3.05, 3.63) is 35.9 Å². The van der Waals surface area contributed by atoms with Crippen LogP contribution in [0.4, 0.5) is 0 Å². The third kappa shape index (κ3) is 6.70. The molecule has 0 heterocycles. The summed E-state index contributed by atoms with van der Waals surface area (Å²) in [5, 5.41) is 11.2. The summed E-state index contributed by atoms with van der Waals surface area (Å²) >= 11 is 0. The van der Waals surface area contributed by atoms with Crippen LogP contribution in [0.2, 0.25) is 0 Å². The summed E-state index contributed by atoms with van der Waals surface area (Å²) in [5.74, 6) is -0.527. The SMILES string of the molecule is CCCCCC(Oc1ccc(C2=CCCCC2)cc1)C(=O)[O-].[Na+]. The first-order valence-electron chi connectivity index (χ1n) is 8.37. The van der Waals surface area contributed by atoms with E-state index in [-0.39, 0.29) is 29.6 Å². The fraction of sp³-hybridized carbons (Fsp3) is 0.526. The standard InChI is InChI=1S/C19H26O3.Na/c1-2-3-5-10-18(19(20)21)22-17-13-11-16(12-14-17)15-8-6-4-7-9-15;/h8,11-14,18H,2-7,9-10H2,1H3,(H,20,21);/q;+1/p-1. The van der Waals surface area contributed by atoms with E-state index in [0.717, 1.165) is 32.1 Å². The first kappa shape index (κ1) is 20.3. The minimum atomic E-state index is -1.13. The first-order valence-corrected chi connectivity index (χ1v) is 8.37. The normalized spacial score (nSPS) is 15.3. The summed E-state index contributed by atoms with van der Waals surface area (Å²) in [4.78, 5) is 11.2. The molecule has 1 aromatic rings. The molecule has 1 aliphatic carbocycles. The molecule has 2 rings (SSSR count). The number of unbranched alkanes of at least 4 members (excludes halogenated alkanes) is 2. The van der Waals surface area contributed by atoms with Gasteiger partial charge in [0.05, 0.1) is 5.97 Å². The molecule has 1 atom stereocenters. The van der Waals surface area contributed by atoms with E-state index in [9.17, 15) is 9.90 Å². The van der Waals surface area contributed by atoms with Gasteiger partial charge in [0.25, 0.3) is 0 Å². The fourth-order valence-corrected chi connectivity index (χ4v) is 2.82. The maximum absolute atomic E-state index is 11.2. The molecule has 1 aliphatic rings. The van der Waals surface area contributed by atoms with Crippen molar-refractivity contribution in [3.8, 4) is 5.75 Å². The third-order valence-corrected chi connectivity index (χ3v) is 4.13. The van der Waals surface area contributed by atoms with Crippen molar-refractivity contribution >= 4 is 11.5 Å². The summed E-state index contributed by atoms with van der Waals surface area (Å²) in [7, 11) is 0. The number of carboxylic acids is 1. The van der Waals surface area contributed by atoms with E-state index in [1.54, 1.807) is 0 Å². The van der Waals surface area contributed by atoms with Crippen LogP contribution >= 0.6 is 0 Å². The molecule has 0 saturated heterocycles. The molecule has 0 spiro atoms. The zero-order valence-corrected chi connectivity index (χ0v) is 16.3. The average molecular weight is 324 g/mol. The number of carboxylic acid groups (broad SMARTS) is 1. The number of aliphatic carboxylic acids is 1. The summed E-state index contributed by atoms with van der Waals surface area (Å²) in [6, 6.07) is 7.76. The van der Waals surface area contributed by atoms with E-state index < -0.39 is 12.1 Å². The van der Waals surface area contributed by atoms with Crippen LogP contribution < -0.4 is 39.4 Å². The van der Waals surface area contributed by atoms with Gasteiger partial charge in [-0.3, -0.25) is 0 Å². The molecule has 0 N–H and O–H groups in total. The summed E-state index contributed by atoms with van der Waals surface area (Å²) in [6.45, 7) is 2.09. The van der Waals surface area contributed by atoms with Crippen LogP contribution in [0.25, 0.3) is 5.57 Å². The van der Waals surface area contributed by atoms with Gasteiger partial charge in [-0.2, -0.15) is 0 Å². The second-order valence-corrected chi connectivity index (χ2v) is 5.92. The molecule has 0 amide bonds. The third-order valence-electron chi connectivity index (χ3n) is 4.13. The molecule has 0 fully saturated rings. The molecule has 0 bridgehead atoms. The topological polar surface area (TPSA) is 49.4 Å². The number of benzene rings is 1. The van der Waals surface area contributed by atoms with Crippen LogP contribution in [0.5, 0.6) is 5.75 Å². The number of hydrogen-bond donors (Lipinski definition) is 0. The van der Waals surface area contributed by atoms with E-state index in [4.69, 9.17) is 4.74 Å². The van der Waals surface area contributed by atoms with E-state index in [0.29, 0.717) is 12.2 Å². The molecule has 1 aromatic carbocycles. The van der Waals surface area contributed by atoms with Crippen LogP contribution in [0.3, 0.4) is 0 Å². The molecule has 4 heteroatoms. The van der Waals surface area contributed by atoms with Crippen LogP contribution in [0.15, 0.2) is 30.3 Å². The molecule has 120 valence electrons. The molecular formula is C19H25NaO3. The maximum atomic E-state index is 11.2. The molecule has 23 heavy (non-hydrogen) atoms. The number of carbonyl (C=O) groups excluding carboxylic acids is 1. The van der Waals surface area contributed by atoms with Gasteiger partial charge in [0, 0.05) is 0 Å². The van der Waals surface area contributed by atoms with Crippen molar-refractivity contribution in [1.29, 1.82) is 0 Å². The van der Waals surface area contributed by atoms with Gasteiger partial charge in [0.1, 0.15) is 11.9 Å². The van der Waals surface area contributed by atoms with Gasteiger partial charge in [-0.1, -0.05) is 38.0 Å². The van der Waals surface area contributed by atoms with Gasteiger partial charge in [0.15, 0.2) is 0 Å². The Morgan fingerprint density at radius 1 is 1.22 bits per heavy atom. The summed E-state index contributed by atoms with van der Waals surface area (Å²) in [6.07, 6.45) is 9.66. The van der Waals surface area contributed by atoms with Crippen molar-refractivity contribution in [2.24, 2.45) is 0 Å². The molecule has 1 unspecified atom stereocenters. The molecule has 3 nitrogen and oxygen atoms in total. The van der Waals surface area contributed by atoms with Crippen molar-refractivity contribution in [2.75, 3.05) is 0 Å². The Kier molecular flexibility index (Phi) is 9.61. The zero-order valence-electron chi connectivity index (χ0n) is 14.3. The average Bonchev–Trinajstić information content (AvgIpc) is 2.55. The quantitative estimate of drug-likeness (QED) is 0.523. The van der Waals surface area contributed by atoms with Gasteiger partial charge in [0.2, 0.25) is 0 Å². The van der Waals surface area contributed by atoms with E-state index >= 15 is 0 Å².